The predicted molar refractivity (Wildman–Crippen MR) is 215 cm³/mol. The summed E-state index contributed by atoms with van der Waals surface area (Å²) in [7, 11) is 0. The second-order valence-corrected chi connectivity index (χ2v) is 14.3. The van der Waals surface area contributed by atoms with E-state index < -0.39 is 17.1 Å². The zero-order chi connectivity index (χ0) is 37.0. The average Bonchev–Trinajstić information content (AvgIpc) is 3.65. The molecular formula is C42H35ClN4O4S2. The van der Waals surface area contributed by atoms with Crippen LogP contribution in [0.5, 0.6) is 5.75 Å². The summed E-state index contributed by atoms with van der Waals surface area (Å²) in [4.78, 5) is 45.6. The number of halogens is 1. The van der Waals surface area contributed by atoms with Crippen molar-refractivity contribution < 1.29 is 19.1 Å². The number of rotatable bonds is 14. The maximum Gasteiger partial charge on any atom is 0.272 e. The lowest BCUT2D eigenvalue weighted by molar-refractivity contribution is -0.116. The van der Waals surface area contributed by atoms with Crippen molar-refractivity contribution in [1.29, 1.82) is 0 Å². The number of thiazole rings is 1. The summed E-state index contributed by atoms with van der Waals surface area (Å²) in [6, 6.07) is 40.4. The second-order valence-electron chi connectivity index (χ2n) is 11.8. The number of nitrogens with zero attached hydrogens (tertiary/aromatic N) is 1. The standard InChI is InChI=1S/C42H35ClN4O4S2/c1-2-38(41(50)47-42-46-37(27-52-42)30-18-20-32(43)21-19-30)53-35-15-9-14-33(25-35)44-40(49)36(45-39(48)31-12-7-4-8-13-31)24-28-16-22-34(23-17-28)51-26-29-10-5-3-6-11-29/h3-25,27,38H,2,26H2,1H3,(H,44,49)(H,45,48)(H,46,47,50)/b36-24-. The lowest BCUT2D eigenvalue weighted by Crippen LogP contribution is -2.30. The number of aromatic nitrogens is 1. The number of amides is 3. The van der Waals surface area contributed by atoms with Crippen molar-refractivity contribution >= 4 is 69.3 Å². The van der Waals surface area contributed by atoms with Gasteiger partial charge in [0.25, 0.3) is 11.8 Å². The van der Waals surface area contributed by atoms with Gasteiger partial charge in [-0.25, -0.2) is 4.98 Å². The Hall–Kier alpha value is -5.68. The van der Waals surface area contributed by atoms with E-state index in [9.17, 15) is 14.4 Å². The van der Waals surface area contributed by atoms with Crippen LogP contribution in [0, 0.1) is 0 Å². The summed E-state index contributed by atoms with van der Waals surface area (Å²) in [6.45, 7) is 2.37. The average molecular weight is 759 g/mol. The molecule has 11 heteroatoms. The first-order valence-electron chi connectivity index (χ1n) is 16.8. The summed E-state index contributed by atoms with van der Waals surface area (Å²) < 4.78 is 5.91. The van der Waals surface area contributed by atoms with Crippen molar-refractivity contribution in [3.05, 3.63) is 166 Å². The normalized spacial score (nSPS) is 11.7. The topological polar surface area (TPSA) is 109 Å². The van der Waals surface area contributed by atoms with E-state index in [0.29, 0.717) is 45.7 Å². The molecule has 1 atom stereocenters. The van der Waals surface area contributed by atoms with Crippen molar-refractivity contribution in [3.8, 4) is 17.0 Å². The van der Waals surface area contributed by atoms with E-state index in [1.807, 2.05) is 97.2 Å². The van der Waals surface area contributed by atoms with E-state index in [4.69, 9.17) is 16.3 Å². The third-order valence-electron chi connectivity index (χ3n) is 7.88. The van der Waals surface area contributed by atoms with Crippen LogP contribution in [0.1, 0.15) is 34.8 Å². The van der Waals surface area contributed by atoms with Crippen LogP contribution in [-0.4, -0.2) is 28.0 Å². The van der Waals surface area contributed by atoms with Crippen LogP contribution >= 0.6 is 34.7 Å². The van der Waals surface area contributed by atoms with Crippen LogP contribution in [0.15, 0.2) is 149 Å². The highest BCUT2D eigenvalue weighted by Crippen LogP contribution is 2.31. The highest BCUT2D eigenvalue weighted by Gasteiger charge is 2.21. The van der Waals surface area contributed by atoms with Crippen LogP contribution in [0.4, 0.5) is 10.8 Å². The molecule has 0 bridgehead atoms. The highest BCUT2D eigenvalue weighted by molar-refractivity contribution is 8.00. The van der Waals surface area contributed by atoms with Crippen molar-refractivity contribution in [2.45, 2.75) is 30.1 Å². The molecule has 3 N–H and O–H groups in total. The van der Waals surface area contributed by atoms with Crippen molar-refractivity contribution in [2.75, 3.05) is 10.6 Å². The minimum Gasteiger partial charge on any atom is -0.489 e. The van der Waals surface area contributed by atoms with E-state index in [2.05, 4.69) is 20.9 Å². The fraction of sp³-hybridized carbons (Fsp3) is 0.0952. The van der Waals surface area contributed by atoms with Crippen LogP contribution < -0.4 is 20.7 Å². The monoisotopic (exact) mass is 758 g/mol. The Morgan fingerprint density at radius 2 is 1.57 bits per heavy atom. The minimum atomic E-state index is -0.508. The fourth-order valence-corrected chi connectivity index (χ4v) is 6.97. The smallest absolute Gasteiger partial charge is 0.272 e. The van der Waals surface area contributed by atoms with Gasteiger partial charge < -0.3 is 20.7 Å². The van der Waals surface area contributed by atoms with E-state index in [0.717, 1.165) is 21.7 Å². The van der Waals surface area contributed by atoms with Gasteiger partial charge in [-0.15, -0.1) is 23.1 Å². The Morgan fingerprint density at radius 3 is 2.28 bits per heavy atom. The van der Waals surface area contributed by atoms with Crippen LogP contribution in [0.3, 0.4) is 0 Å². The summed E-state index contributed by atoms with van der Waals surface area (Å²) in [5.74, 6) is -0.426. The lowest BCUT2D eigenvalue weighted by atomic mass is 10.1. The van der Waals surface area contributed by atoms with Crippen molar-refractivity contribution in [3.63, 3.8) is 0 Å². The van der Waals surface area contributed by atoms with E-state index >= 15 is 0 Å². The van der Waals surface area contributed by atoms with Gasteiger partial charge in [-0.05, 0) is 78.2 Å². The van der Waals surface area contributed by atoms with Gasteiger partial charge in [0.05, 0.1) is 10.9 Å². The third-order valence-corrected chi connectivity index (χ3v) is 10.2. The van der Waals surface area contributed by atoms with Gasteiger partial charge in [0.15, 0.2) is 5.13 Å². The summed E-state index contributed by atoms with van der Waals surface area (Å²) in [5, 5.41) is 11.3. The van der Waals surface area contributed by atoms with Gasteiger partial charge >= 0.3 is 0 Å². The summed E-state index contributed by atoms with van der Waals surface area (Å²) in [5.41, 5.74) is 4.38. The molecule has 0 saturated heterocycles. The quantitative estimate of drug-likeness (QED) is 0.0754. The third kappa shape index (κ3) is 10.7. The number of ether oxygens (including phenoxy) is 1. The molecule has 266 valence electrons. The molecule has 0 saturated carbocycles. The number of hydrogen-bond acceptors (Lipinski definition) is 7. The lowest BCUT2D eigenvalue weighted by Gasteiger charge is -2.15. The molecule has 3 amide bonds. The molecule has 6 aromatic rings. The van der Waals surface area contributed by atoms with Gasteiger partial charge in [-0.1, -0.05) is 97.4 Å². The number of anilines is 2. The van der Waals surface area contributed by atoms with E-state index in [-0.39, 0.29) is 11.6 Å². The number of thioether (sulfide) groups is 1. The SMILES string of the molecule is CCC(Sc1cccc(NC(=O)/C(=C/c2ccc(OCc3ccccc3)cc2)NC(=O)c2ccccc2)c1)C(=O)Nc1nc(-c2ccc(Cl)cc2)cs1. The van der Waals surface area contributed by atoms with Gasteiger partial charge in [0.2, 0.25) is 5.91 Å². The number of nitrogens with one attached hydrogen (secondary N) is 3. The zero-order valence-electron chi connectivity index (χ0n) is 28.6. The molecule has 5 aromatic carbocycles. The van der Waals surface area contributed by atoms with Crippen LogP contribution in [0.25, 0.3) is 17.3 Å². The number of carbonyl (C=O) groups is 3. The maximum absolute atomic E-state index is 13.7. The summed E-state index contributed by atoms with van der Waals surface area (Å²) in [6.07, 6.45) is 2.18. The predicted octanol–water partition coefficient (Wildman–Crippen LogP) is 9.96. The Morgan fingerprint density at radius 1 is 0.849 bits per heavy atom. The molecule has 6 rings (SSSR count). The second kappa shape index (κ2) is 18.2. The van der Waals surface area contributed by atoms with E-state index in [1.165, 1.54) is 23.1 Å². The van der Waals surface area contributed by atoms with Gasteiger partial charge in [0.1, 0.15) is 18.1 Å². The molecule has 1 unspecified atom stereocenters. The van der Waals surface area contributed by atoms with Gasteiger partial charge in [0, 0.05) is 32.1 Å². The molecule has 0 aliphatic rings. The van der Waals surface area contributed by atoms with Crippen molar-refractivity contribution in [1.82, 2.24) is 10.3 Å². The first-order chi connectivity index (χ1) is 25.8. The fourth-order valence-electron chi connectivity index (χ4n) is 5.11. The molecule has 0 aliphatic carbocycles. The number of benzene rings is 5. The van der Waals surface area contributed by atoms with Gasteiger partial charge in [-0.2, -0.15) is 0 Å². The van der Waals surface area contributed by atoms with Gasteiger partial charge in [-0.3, -0.25) is 14.4 Å². The first-order valence-corrected chi connectivity index (χ1v) is 18.9. The molecule has 0 fully saturated rings. The summed E-state index contributed by atoms with van der Waals surface area (Å²) >= 11 is 8.76. The molecular weight excluding hydrogens is 724 g/mol. The molecule has 0 radical (unpaired) electrons. The molecule has 0 aliphatic heterocycles. The van der Waals surface area contributed by atoms with Crippen molar-refractivity contribution in [2.24, 2.45) is 0 Å². The molecule has 1 heterocycles. The Labute approximate surface area is 321 Å². The minimum absolute atomic E-state index is 0.0575. The highest BCUT2D eigenvalue weighted by atomic mass is 35.5. The zero-order valence-corrected chi connectivity index (χ0v) is 31.0. The molecule has 53 heavy (non-hydrogen) atoms. The van der Waals surface area contributed by atoms with Crippen LogP contribution in [-0.2, 0) is 16.2 Å². The number of hydrogen-bond donors (Lipinski definition) is 3. The Kier molecular flexibility index (Phi) is 12.7. The molecule has 8 nitrogen and oxygen atoms in total. The Bertz CT molecular complexity index is 2190. The maximum atomic E-state index is 13.7. The molecule has 1 aromatic heterocycles. The Balaban J connectivity index is 1.13. The van der Waals surface area contributed by atoms with Crippen LogP contribution in [0.2, 0.25) is 5.02 Å². The largest absolute Gasteiger partial charge is 0.489 e. The van der Waals surface area contributed by atoms with E-state index in [1.54, 1.807) is 54.6 Å². The molecule has 0 spiro atoms. The number of carbonyl (C=O) groups excluding carboxylic acids is 3. The first kappa shape index (κ1) is 37.1.